The van der Waals surface area contributed by atoms with Crippen molar-refractivity contribution in [3.05, 3.63) is 16.4 Å². The van der Waals surface area contributed by atoms with Gasteiger partial charge in [-0.3, -0.25) is 14.3 Å². The summed E-state index contributed by atoms with van der Waals surface area (Å²) in [6.07, 6.45) is 3.73. The van der Waals surface area contributed by atoms with Gasteiger partial charge in [-0.05, 0) is 25.7 Å². The molecule has 22 heavy (non-hydrogen) atoms. The molecule has 0 spiro atoms. The van der Waals surface area contributed by atoms with Crippen LogP contribution in [0, 0.1) is 0 Å². The van der Waals surface area contributed by atoms with E-state index in [1.807, 2.05) is 0 Å². The Hall–Kier alpha value is -1.73. The van der Waals surface area contributed by atoms with Gasteiger partial charge in [0.25, 0.3) is 0 Å². The molecule has 8 heteroatoms. The molecule has 0 aliphatic heterocycles. The number of nitrogens with one attached hydrogen (secondary N) is 2. The van der Waals surface area contributed by atoms with Crippen LogP contribution in [0.4, 0.5) is 8.78 Å². The minimum absolute atomic E-state index is 0.0786. The third kappa shape index (κ3) is 5.57. The summed E-state index contributed by atoms with van der Waals surface area (Å²) in [5.41, 5.74) is 0. The van der Waals surface area contributed by atoms with E-state index in [0.29, 0.717) is 31.5 Å². The Labute approximate surface area is 126 Å². The van der Waals surface area contributed by atoms with Gasteiger partial charge in [0, 0.05) is 31.7 Å². The van der Waals surface area contributed by atoms with Crippen molar-refractivity contribution in [1.82, 2.24) is 15.5 Å². The van der Waals surface area contributed by atoms with E-state index in [1.54, 1.807) is 0 Å². The SMILES string of the molecule is O=C(CCCCCc1noc(=O)[nH]1)NC1CCC(F)(F)CC1. The van der Waals surface area contributed by atoms with Crippen molar-refractivity contribution in [2.24, 2.45) is 0 Å². The van der Waals surface area contributed by atoms with E-state index in [1.165, 1.54) is 0 Å². The summed E-state index contributed by atoms with van der Waals surface area (Å²) in [6, 6.07) is -0.118. The van der Waals surface area contributed by atoms with Gasteiger partial charge in [0.2, 0.25) is 11.8 Å². The molecule has 6 nitrogen and oxygen atoms in total. The number of unbranched alkanes of at least 4 members (excludes halogenated alkanes) is 2. The second kappa shape index (κ2) is 7.51. The minimum Gasteiger partial charge on any atom is -0.353 e. The van der Waals surface area contributed by atoms with Crippen molar-refractivity contribution in [3.63, 3.8) is 0 Å². The molecule has 2 N–H and O–H groups in total. The van der Waals surface area contributed by atoms with Crippen LogP contribution < -0.4 is 11.1 Å². The Morgan fingerprint density at radius 1 is 1.32 bits per heavy atom. The van der Waals surface area contributed by atoms with Crippen LogP contribution in [0.2, 0.25) is 0 Å². The minimum atomic E-state index is -2.57. The molecule has 1 saturated carbocycles. The normalized spacial score (nSPS) is 18.3. The van der Waals surface area contributed by atoms with Gasteiger partial charge in [-0.25, -0.2) is 13.6 Å². The number of amides is 1. The summed E-state index contributed by atoms with van der Waals surface area (Å²) in [4.78, 5) is 24.9. The highest BCUT2D eigenvalue weighted by atomic mass is 19.3. The topological polar surface area (TPSA) is 88.0 Å². The largest absolute Gasteiger partial charge is 0.438 e. The summed E-state index contributed by atoms with van der Waals surface area (Å²) >= 11 is 0. The molecule has 2 rings (SSSR count). The van der Waals surface area contributed by atoms with Gasteiger partial charge in [-0.15, -0.1) is 0 Å². The van der Waals surface area contributed by atoms with Crippen molar-refractivity contribution >= 4 is 5.91 Å². The fraction of sp³-hybridized carbons (Fsp3) is 0.786. The monoisotopic (exact) mass is 317 g/mol. The highest BCUT2D eigenvalue weighted by Gasteiger charge is 2.35. The molecule has 0 aromatic carbocycles. The fourth-order valence-electron chi connectivity index (χ4n) is 2.61. The van der Waals surface area contributed by atoms with Crippen LogP contribution >= 0.6 is 0 Å². The molecule has 124 valence electrons. The molecule has 0 radical (unpaired) electrons. The smallest absolute Gasteiger partial charge is 0.353 e. The van der Waals surface area contributed by atoms with Crippen LogP contribution in [0.25, 0.3) is 0 Å². The van der Waals surface area contributed by atoms with Crippen LogP contribution in [-0.2, 0) is 11.2 Å². The number of aromatic amines is 1. The number of aryl methyl sites for hydroxylation is 1. The molecule has 1 aromatic rings. The maximum Gasteiger partial charge on any atom is 0.438 e. The number of hydrogen-bond acceptors (Lipinski definition) is 4. The molecule has 1 aliphatic rings. The summed E-state index contributed by atoms with van der Waals surface area (Å²) in [5.74, 6) is -2.70. The first kappa shape index (κ1) is 16.6. The van der Waals surface area contributed by atoms with E-state index < -0.39 is 11.7 Å². The second-order valence-electron chi connectivity index (χ2n) is 5.80. The quantitative estimate of drug-likeness (QED) is 0.754. The molecular formula is C14H21F2N3O3. The average Bonchev–Trinajstić information content (AvgIpc) is 2.86. The third-order valence-electron chi connectivity index (χ3n) is 3.88. The lowest BCUT2D eigenvalue weighted by atomic mass is 9.92. The molecule has 1 heterocycles. The third-order valence-corrected chi connectivity index (χ3v) is 3.88. The van der Waals surface area contributed by atoms with Crippen LogP contribution in [0.5, 0.6) is 0 Å². The molecule has 1 fully saturated rings. The number of alkyl halides is 2. The average molecular weight is 317 g/mol. The van der Waals surface area contributed by atoms with Crippen LogP contribution in [-0.4, -0.2) is 28.0 Å². The number of halogens is 2. The second-order valence-corrected chi connectivity index (χ2v) is 5.80. The molecular weight excluding hydrogens is 296 g/mol. The number of hydrogen-bond donors (Lipinski definition) is 2. The Morgan fingerprint density at radius 3 is 2.68 bits per heavy atom. The Balaban J connectivity index is 1.53. The number of rotatable bonds is 7. The lowest BCUT2D eigenvalue weighted by Crippen LogP contribution is -2.40. The van der Waals surface area contributed by atoms with Crippen molar-refractivity contribution in [2.75, 3.05) is 0 Å². The highest BCUT2D eigenvalue weighted by molar-refractivity contribution is 5.76. The number of nitrogens with zero attached hydrogens (tertiary/aromatic N) is 1. The van der Waals surface area contributed by atoms with E-state index in [0.717, 1.165) is 19.3 Å². The van der Waals surface area contributed by atoms with Crippen LogP contribution in [0.1, 0.15) is 57.2 Å². The zero-order chi connectivity index (χ0) is 16.0. The number of aromatic nitrogens is 2. The lowest BCUT2D eigenvalue weighted by molar-refractivity contribution is -0.123. The highest BCUT2D eigenvalue weighted by Crippen LogP contribution is 2.32. The summed E-state index contributed by atoms with van der Waals surface area (Å²) < 4.78 is 30.4. The van der Waals surface area contributed by atoms with Gasteiger partial charge in [-0.2, -0.15) is 0 Å². The Bertz CT molecular complexity index is 531. The van der Waals surface area contributed by atoms with Gasteiger partial charge >= 0.3 is 5.76 Å². The van der Waals surface area contributed by atoms with E-state index in [9.17, 15) is 18.4 Å². The predicted molar refractivity (Wildman–Crippen MR) is 74.6 cm³/mol. The lowest BCUT2D eigenvalue weighted by Gasteiger charge is -2.28. The summed E-state index contributed by atoms with van der Waals surface area (Å²) in [6.45, 7) is 0. The maximum absolute atomic E-state index is 13.0. The Morgan fingerprint density at radius 2 is 2.05 bits per heavy atom. The molecule has 1 aliphatic carbocycles. The molecule has 0 bridgehead atoms. The fourth-order valence-corrected chi connectivity index (χ4v) is 2.61. The molecule has 0 atom stereocenters. The number of carbonyl (C=O) groups is 1. The first-order valence-corrected chi connectivity index (χ1v) is 7.67. The molecule has 0 unspecified atom stereocenters. The van der Waals surface area contributed by atoms with E-state index in [2.05, 4.69) is 20.0 Å². The number of carbonyl (C=O) groups excluding carboxylic acids is 1. The van der Waals surface area contributed by atoms with Gasteiger partial charge in [0.05, 0.1) is 0 Å². The van der Waals surface area contributed by atoms with Gasteiger partial charge in [0.15, 0.2) is 5.82 Å². The van der Waals surface area contributed by atoms with Gasteiger partial charge in [-0.1, -0.05) is 11.6 Å². The molecule has 1 amide bonds. The zero-order valence-electron chi connectivity index (χ0n) is 12.4. The zero-order valence-corrected chi connectivity index (χ0v) is 12.4. The molecule has 1 aromatic heterocycles. The van der Waals surface area contributed by atoms with Crippen molar-refractivity contribution in [1.29, 1.82) is 0 Å². The number of H-pyrrole nitrogens is 1. The summed E-state index contributed by atoms with van der Waals surface area (Å²) in [7, 11) is 0. The van der Waals surface area contributed by atoms with E-state index in [4.69, 9.17) is 0 Å². The van der Waals surface area contributed by atoms with Crippen LogP contribution in [0.15, 0.2) is 9.32 Å². The Kier molecular flexibility index (Phi) is 5.68. The van der Waals surface area contributed by atoms with E-state index >= 15 is 0 Å². The first-order valence-electron chi connectivity index (χ1n) is 7.67. The standard InChI is InChI=1S/C14H21F2N3O3/c15-14(16)8-6-10(7-9-14)17-12(20)5-3-1-2-4-11-18-13(21)22-19-11/h10H,1-9H2,(H,17,20)(H,18,19,21). The van der Waals surface area contributed by atoms with Crippen LogP contribution in [0.3, 0.4) is 0 Å². The summed E-state index contributed by atoms with van der Waals surface area (Å²) in [5, 5.41) is 6.38. The van der Waals surface area contributed by atoms with Crippen molar-refractivity contribution in [3.8, 4) is 0 Å². The van der Waals surface area contributed by atoms with Crippen molar-refractivity contribution in [2.45, 2.75) is 69.8 Å². The predicted octanol–water partition coefficient (Wildman–Crippen LogP) is 2.16. The van der Waals surface area contributed by atoms with E-state index in [-0.39, 0.29) is 24.8 Å². The maximum atomic E-state index is 13.0. The first-order chi connectivity index (χ1) is 10.4. The van der Waals surface area contributed by atoms with Gasteiger partial charge in [0.1, 0.15) is 0 Å². The van der Waals surface area contributed by atoms with Gasteiger partial charge < -0.3 is 5.32 Å². The van der Waals surface area contributed by atoms with Crippen molar-refractivity contribution < 1.29 is 18.1 Å². The molecule has 0 saturated heterocycles.